The van der Waals surface area contributed by atoms with E-state index in [4.69, 9.17) is 0 Å². The van der Waals surface area contributed by atoms with Crippen LogP contribution in [0.3, 0.4) is 0 Å². The lowest BCUT2D eigenvalue weighted by Crippen LogP contribution is -2.14. The molecule has 0 bridgehead atoms. The van der Waals surface area contributed by atoms with Gasteiger partial charge in [-0.05, 0) is 37.2 Å². The first kappa shape index (κ1) is 14.5. The van der Waals surface area contributed by atoms with Crippen LogP contribution in [0.2, 0.25) is 0 Å². The van der Waals surface area contributed by atoms with Crippen LogP contribution >= 0.6 is 0 Å². The fourth-order valence-corrected chi connectivity index (χ4v) is 2.08. The van der Waals surface area contributed by atoms with Crippen molar-refractivity contribution in [1.29, 1.82) is 0 Å². The van der Waals surface area contributed by atoms with Gasteiger partial charge in [0.05, 0.1) is 5.56 Å². The molecule has 0 aliphatic carbocycles. The first-order valence-corrected chi connectivity index (χ1v) is 6.05. The molecule has 5 heteroatoms. The second kappa shape index (κ2) is 5.63. The molecule has 1 unspecified atom stereocenters. The van der Waals surface area contributed by atoms with Crippen molar-refractivity contribution in [3.63, 3.8) is 0 Å². The fraction of sp³-hybridized carbons (Fsp3) is 0.200. The van der Waals surface area contributed by atoms with E-state index in [2.05, 4.69) is 5.32 Å². The van der Waals surface area contributed by atoms with Gasteiger partial charge in [-0.25, -0.2) is 17.6 Å². The quantitative estimate of drug-likeness (QED) is 0.833. The second-order valence-electron chi connectivity index (χ2n) is 4.49. The normalized spacial score (nSPS) is 12.5. The van der Waals surface area contributed by atoms with Crippen molar-refractivity contribution >= 4 is 0 Å². The van der Waals surface area contributed by atoms with E-state index in [0.29, 0.717) is 17.7 Å². The van der Waals surface area contributed by atoms with Gasteiger partial charge in [0, 0.05) is 18.2 Å². The number of hydrogen-bond donors (Lipinski definition) is 1. The summed E-state index contributed by atoms with van der Waals surface area (Å²) in [6, 6.07) is 4.63. The van der Waals surface area contributed by atoms with Gasteiger partial charge in [0.15, 0.2) is 0 Å². The molecule has 0 saturated carbocycles. The average Bonchev–Trinajstić information content (AvgIpc) is 2.37. The summed E-state index contributed by atoms with van der Waals surface area (Å²) in [6.07, 6.45) is 0. The van der Waals surface area contributed by atoms with Crippen LogP contribution in [0.5, 0.6) is 0 Å². The molecular weight excluding hydrogens is 270 g/mol. The second-order valence-corrected chi connectivity index (χ2v) is 4.49. The summed E-state index contributed by atoms with van der Waals surface area (Å²) in [5.41, 5.74) is 0.170. The Morgan fingerprint density at radius 3 is 2.05 bits per heavy atom. The minimum Gasteiger partial charge on any atom is -0.313 e. The molecule has 0 radical (unpaired) electrons. The molecule has 2 aromatic rings. The molecule has 1 atom stereocenters. The molecule has 0 fully saturated rings. The Bertz CT molecular complexity index is 617. The molecule has 0 saturated heterocycles. The van der Waals surface area contributed by atoms with Crippen molar-refractivity contribution in [2.75, 3.05) is 7.05 Å². The highest BCUT2D eigenvalue weighted by Crippen LogP contribution is 2.33. The first-order valence-electron chi connectivity index (χ1n) is 6.05. The summed E-state index contributed by atoms with van der Waals surface area (Å²) in [5, 5.41) is 2.92. The third-order valence-corrected chi connectivity index (χ3v) is 3.19. The van der Waals surface area contributed by atoms with Crippen LogP contribution in [0.4, 0.5) is 17.6 Å². The molecule has 0 aromatic heterocycles. The van der Waals surface area contributed by atoms with Crippen LogP contribution in [0.1, 0.15) is 18.5 Å². The largest absolute Gasteiger partial charge is 0.313 e. The third-order valence-electron chi connectivity index (χ3n) is 3.19. The zero-order valence-corrected chi connectivity index (χ0v) is 11.0. The number of halogens is 4. The molecule has 106 valence electrons. The van der Waals surface area contributed by atoms with Gasteiger partial charge < -0.3 is 5.32 Å². The van der Waals surface area contributed by atoms with Crippen molar-refractivity contribution in [2.24, 2.45) is 0 Å². The maximum absolute atomic E-state index is 13.9. The highest BCUT2D eigenvalue weighted by atomic mass is 19.1. The van der Waals surface area contributed by atoms with Crippen molar-refractivity contribution in [1.82, 2.24) is 5.32 Å². The standard InChI is InChI=1S/C15H13F4N/c1-8(20-2)11-4-3-9(16)5-12(11)15-13(18)6-10(17)7-14(15)19/h3-8,20H,1-2H3. The first-order chi connectivity index (χ1) is 9.43. The highest BCUT2D eigenvalue weighted by Gasteiger charge is 2.19. The monoisotopic (exact) mass is 283 g/mol. The zero-order chi connectivity index (χ0) is 14.9. The summed E-state index contributed by atoms with van der Waals surface area (Å²) in [7, 11) is 1.68. The lowest BCUT2D eigenvalue weighted by atomic mass is 9.94. The Hall–Kier alpha value is -1.88. The van der Waals surface area contributed by atoms with Gasteiger partial charge in [-0.3, -0.25) is 0 Å². The molecule has 2 rings (SSSR count). The lowest BCUT2D eigenvalue weighted by molar-refractivity contribution is 0.546. The van der Waals surface area contributed by atoms with Crippen LogP contribution in [0, 0.1) is 23.3 Å². The average molecular weight is 283 g/mol. The van der Waals surface area contributed by atoms with Crippen LogP contribution in [-0.4, -0.2) is 7.05 Å². The van der Waals surface area contributed by atoms with Crippen LogP contribution < -0.4 is 5.32 Å². The van der Waals surface area contributed by atoms with Gasteiger partial charge in [0.1, 0.15) is 23.3 Å². The molecular formula is C15H13F4N. The number of rotatable bonds is 3. The Morgan fingerprint density at radius 1 is 0.900 bits per heavy atom. The Balaban J connectivity index is 2.72. The lowest BCUT2D eigenvalue weighted by Gasteiger charge is -2.17. The van der Waals surface area contributed by atoms with Crippen LogP contribution in [-0.2, 0) is 0 Å². The van der Waals surface area contributed by atoms with Gasteiger partial charge in [-0.15, -0.1) is 0 Å². The van der Waals surface area contributed by atoms with Crippen molar-refractivity contribution in [2.45, 2.75) is 13.0 Å². The van der Waals surface area contributed by atoms with E-state index in [9.17, 15) is 17.6 Å². The Morgan fingerprint density at radius 2 is 1.50 bits per heavy atom. The summed E-state index contributed by atoms with van der Waals surface area (Å²) >= 11 is 0. The van der Waals surface area contributed by atoms with E-state index in [1.54, 1.807) is 14.0 Å². The predicted octanol–water partition coefficient (Wildman–Crippen LogP) is 4.19. The van der Waals surface area contributed by atoms with Crippen molar-refractivity contribution < 1.29 is 17.6 Å². The summed E-state index contributed by atoms with van der Waals surface area (Å²) in [6.45, 7) is 1.77. The van der Waals surface area contributed by atoms with E-state index in [1.165, 1.54) is 12.1 Å². The minimum atomic E-state index is -1.06. The topological polar surface area (TPSA) is 12.0 Å². The smallest absolute Gasteiger partial charge is 0.136 e. The number of benzene rings is 2. The van der Waals surface area contributed by atoms with Crippen LogP contribution in [0.25, 0.3) is 11.1 Å². The Kier molecular flexibility index (Phi) is 4.09. The van der Waals surface area contributed by atoms with E-state index in [-0.39, 0.29) is 11.6 Å². The van der Waals surface area contributed by atoms with E-state index >= 15 is 0 Å². The van der Waals surface area contributed by atoms with E-state index in [0.717, 1.165) is 6.07 Å². The Labute approximate surface area is 114 Å². The van der Waals surface area contributed by atoms with Crippen molar-refractivity contribution in [3.05, 3.63) is 59.2 Å². The zero-order valence-electron chi connectivity index (χ0n) is 11.0. The van der Waals surface area contributed by atoms with Crippen LogP contribution in [0.15, 0.2) is 30.3 Å². The van der Waals surface area contributed by atoms with Crippen molar-refractivity contribution in [3.8, 4) is 11.1 Å². The van der Waals surface area contributed by atoms with E-state index < -0.39 is 28.8 Å². The predicted molar refractivity (Wildman–Crippen MR) is 69.2 cm³/mol. The molecule has 0 aliphatic rings. The molecule has 0 aliphatic heterocycles. The van der Waals surface area contributed by atoms with E-state index in [1.807, 2.05) is 0 Å². The molecule has 0 heterocycles. The summed E-state index contributed by atoms with van der Waals surface area (Å²) < 4.78 is 54.1. The van der Waals surface area contributed by atoms with Gasteiger partial charge in [0.2, 0.25) is 0 Å². The van der Waals surface area contributed by atoms with Gasteiger partial charge >= 0.3 is 0 Å². The summed E-state index contributed by atoms with van der Waals surface area (Å²) in [5.74, 6) is -3.74. The molecule has 1 N–H and O–H groups in total. The third kappa shape index (κ3) is 2.67. The number of hydrogen-bond acceptors (Lipinski definition) is 1. The maximum atomic E-state index is 13.9. The molecule has 2 aromatic carbocycles. The van der Waals surface area contributed by atoms with Gasteiger partial charge in [-0.2, -0.15) is 0 Å². The summed E-state index contributed by atoms with van der Waals surface area (Å²) in [4.78, 5) is 0. The SMILES string of the molecule is CNC(C)c1ccc(F)cc1-c1c(F)cc(F)cc1F. The highest BCUT2D eigenvalue weighted by molar-refractivity contribution is 5.69. The van der Waals surface area contributed by atoms with Gasteiger partial charge in [-0.1, -0.05) is 6.07 Å². The molecule has 0 amide bonds. The maximum Gasteiger partial charge on any atom is 0.136 e. The van der Waals surface area contributed by atoms with Gasteiger partial charge in [0.25, 0.3) is 0 Å². The number of nitrogens with one attached hydrogen (secondary N) is 1. The molecule has 1 nitrogen and oxygen atoms in total. The molecule has 0 spiro atoms. The fourth-order valence-electron chi connectivity index (χ4n) is 2.08. The molecule has 20 heavy (non-hydrogen) atoms. The minimum absolute atomic E-state index is 0.0712.